The summed E-state index contributed by atoms with van der Waals surface area (Å²) < 4.78 is 7.18. The van der Waals surface area contributed by atoms with Crippen molar-refractivity contribution in [2.45, 2.75) is 52.2 Å². The second-order valence-corrected chi connectivity index (χ2v) is 7.29. The minimum atomic E-state index is -0.699. The van der Waals surface area contributed by atoms with E-state index in [1.165, 1.54) is 4.88 Å². The molecule has 2 heterocycles. The first kappa shape index (κ1) is 16.0. The van der Waals surface area contributed by atoms with E-state index in [2.05, 4.69) is 38.9 Å². The predicted octanol–water partition coefficient (Wildman–Crippen LogP) is 3.74. The monoisotopic (exact) mass is 308 g/mol. The highest BCUT2D eigenvalue weighted by Gasteiger charge is 2.24. The van der Waals surface area contributed by atoms with Crippen molar-refractivity contribution in [3.8, 4) is 5.75 Å². The number of methoxy groups -OCH3 is 1. The maximum absolute atomic E-state index is 10.7. The van der Waals surface area contributed by atoms with Crippen molar-refractivity contribution < 1.29 is 9.84 Å². The summed E-state index contributed by atoms with van der Waals surface area (Å²) in [6, 6.07) is 4.09. The highest BCUT2D eigenvalue weighted by molar-refractivity contribution is 7.12. The van der Waals surface area contributed by atoms with Gasteiger partial charge in [-0.15, -0.1) is 11.3 Å². The van der Waals surface area contributed by atoms with Crippen LogP contribution in [0.2, 0.25) is 0 Å². The van der Waals surface area contributed by atoms with Crippen molar-refractivity contribution in [3.05, 3.63) is 33.8 Å². The van der Waals surface area contributed by atoms with Crippen LogP contribution in [-0.4, -0.2) is 22.0 Å². The summed E-state index contributed by atoms with van der Waals surface area (Å²) in [7, 11) is 1.61. The third-order valence-electron chi connectivity index (χ3n) is 3.39. The Balaban J connectivity index is 2.37. The molecule has 0 radical (unpaired) electrons. The van der Waals surface area contributed by atoms with Crippen LogP contribution in [0.25, 0.3) is 0 Å². The number of aromatic nitrogens is 2. The van der Waals surface area contributed by atoms with Crippen molar-refractivity contribution in [1.82, 2.24) is 9.78 Å². The van der Waals surface area contributed by atoms with Gasteiger partial charge in [-0.05, 0) is 24.0 Å². The molecule has 0 fully saturated rings. The van der Waals surface area contributed by atoms with E-state index in [0.717, 1.165) is 23.5 Å². The average molecular weight is 308 g/mol. The number of hydrogen-bond acceptors (Lipinski definition) is 4. The third kappa shape index (κ3) is 3.30. The Bertz CT molecular complexity index is 596. The van der Waals surface area contributed by atoms with Crippen LogP contribution in [0.15, 0.2) is 18.3 Å². The number of aliphatic hydroxyl groups is 1. The van der Waals surface area contributed by atoms with Crippen LogP contribution in [0.1, 0.15) is 55.7 Å². The van der Waals surface area contributed by atoms with Gasteiger partial charge in [-0.25, -0.2) is 0 Å². The van der Waals surface area contributed by atoms with E-state index in [4.69, 9.17) is 4.74 Å². The van der Waals surface area contributed by atoms with Gasteiger partial charge in [-0.3, -0.25) is 4.68 Å². The third-order valence-corrected chi connectivity index (χ3v) is 4.96. The maximum Gasteiger partial charge on any atom is 0.163 e. The molecule has 0 saturated heterocycles. The molecule has 21 heavy (non-hydrogen) atoms. The Hall–Kier alpha value is -1.33. The second-order valence-electron chi connectivity index (χ2n) is 6.18. The van der Waals surface area contributed by atoms with Crippen LogP contribution in [0.5, 0.6) is 5.75 Å². The molecule has 1 atom stereocenters. The quantitative estimate of drug-likeness (QED) is 0.915. The standard InChI is InChI=1S/C16H24N2O2S/c1-6-9-18-14(11(20-5)10-17-18)15(19)12-7-8-13(21-12)16(2,3)4/h7-8,10,15,19H,6,9H2,1-5H3. The zero-order valence-corrected chi connectivity index (χ0v) is 14.2. The number of hydrogen-bond donors (Lipinski definition) is 1. The molecular formula is C16H24N2O2S. The van der Waals surface area contributed by atoms with E-state index < -0.39 is 6.10 Å². The summed E-state index contributed by atoms with van der Waals surface area (Å²) in [5.74, 6) is 0.640. The number of rotatable bonds is 5. The highest BCUT2D eigenvalue weighted by Crippen LogP contribution is 2.37. The van der Waals surface area contributed by atoms with Crippen LogP contribution in [0.3, 0.4) is 0 Å². The molecule has 4 nitrogen and oxygen atoms in total. The molecule has 2 aromatic rings. The van der Waals surface area contributed by atoms with Crippen LogP contribution in [0, 0.1) is 0 Å². The van der Waals surface area contributed by atoms with Gasteiger partial charge in [0.2, 0.25) is 0 Å². The zero-order valence-electron chi connectivity index (χ0n) is 13.4. The molecule has 0 amide bonds. The fourth-order valence-corrected chi connectivity index (χ4v) is 3.29. The lowest BCUT2D eigenvalue weighted by atomic mass is 9.95. The Morgan fingerprint density at radius 3 is 2.62 bits per heavy atom. The van der Waals surface area contributed by atoms with Gasteiger partial charge in [0.05, 0.1) is 13.3 Å². The Labute approximate surface area is 130 Å². The smallest absolute Gasteiger partial charge is 0.163 e. The van der Waals surface area contributed by atoms with Crippen LogP contribution < -0.4 is 4.74 Å². The van der Waals surface area contributed by atoms with Gasteiger partial charge in [-0.1, -0.05) is 27.7 Å². The van der Waals surface area contributed by atoms with Gasteiger partial charge < -0.3 is 9.84 Å². The first-order chi connectivity index (χ1) is 9.88. The summed E-state index contributed by atoms with van der Waals surface area (Å²) in [5.41, 5.74) is 0.831. The first-order valence-electron chi connectivity index (χ1n) is 7.26. The number of thiophene rings is 1. The Morgan fingerprint density at radius 1 is 1.38 bits per heavy atom. The van der Waals surface area contributed by atoms with E-state index in [-0.39, 0.29) is 5.41 Å². The van der Waals surface area contributed by atoms with Crippen LogP contribution >= 0.6 is 11.3 Å². The molecule has 0 aliphatic heterocycles. The Kier molecular flexibility index (Phi) is 4.74. The van der Waals surface area contributed by atoms with Gasteiger partial charge in [0.15, 0.2) is 5.75 Å². The first-order valence-corrected chi connectivity index (χ1v) is 8.08. The summed E-state index contributed by atoms with van der Waals surface area (Å²) in [6.45, 7) is 9.39. The minimum absolute atomic E-state index is 0.0936. The van der Waals surface area contributed by atoms with Crippen LogP contribution in [-0.2, 0) is 12.0 Å². The summed E-state index contributed by atoms with van der Waals surface area (Å²) in [4.78, 5) is 2.19. The highest BCUT2D eigenvalue weighted by atomic mass is 32.1. The zero-order chi connectivity index (χ0) is 15.6. The molecule has 0 aromatic carbocycles. The van der Waals surface area contributed by atoms with Gasteiger partial charge >= 0.3 is 0 Å². The molecule has 0 aliphatic rings. The van der Waals surface area contributed by atoms with Crippen molar-refractivity contribution in [2.75, 3.05) is 7.11 Å². The van der Waals surface area contributed by atoms with Crippen molar-refractivity contribution in [2.24, 2.45) is 0 Å². The van der Waals surface area contributed by atoms with E-state index in [1.54, 1.807) is 24.6 Å². The fourth-order valence-electron chi connectivity index (χ4n) is 2.24. The number of aryl methyl sites for hydroxylation is 1. The SMILES string of the molecule is CCCn1ncc(OC)c1C(O)c1ccc(C(C)(C)C)s1. The lowest BCUT2D eigenvalue weighted by Gasteiger charge is -2.16. The molecule has 5 heteroatoms. The normalized spacial score (nSPS) is 13.4. The molecule has 0 spiro atoms. The fraction of sp³-hybridized carbons (Fsp3) is 0.562. The predicted molar refractivity (Wildman–Crippen MR) is 86.2 cm³/mol. The lowest BCUT2D eigenvalue weighted by Crippen LogP contribution is -2.10. The van der Waals surface area contributed by atoms with Crippen molar-refractivity contribution in [3.63, 3.8) is 0 Å². The summed E-state index contributed by atoms with van der Waals surface area (Å²) >= 11 is 1.65. The molecular weight excluding hydrogens is 284 g/mol. The molecule has 1 N–H and O–H groups in total. The van der Waals surface area contributed by atoms with E-state index in [1.807, 2.05) is 10.7 Å². The lowest BCUT2D eigenvalue weighted by molar-refractivity contribution is 0.205. The number of ether oxygens (including phenoxy) is 1. The van der Waals surface area contributed by atoms with Crippen LogP contribution in [0.4, 0.5) is 0 Å². The van der Waals surface area contributed by atoms with E-state index >= 15 is 0 Å². The second kappa shape index (κ2) is 6.20. The van der Waals surface area contributed by atoms with Gasteiger partial charge in [0, 0.05) is 16.3 Å². The molecule has 0 saturated carbocycles. The minimum Gasteiger partial charge on any atom is -0.493 e. The maximum atomic E-state index is 10.7. The molecule has 0 aliphatic carbocycles. The van der Waals surface area contributed by atoms with Gasteiger partial charge in [0.1, 0.15) is 11.8 Å². The number of aliphatic hydroxyl groups excluding tert-OH is 1. The van der Waals surface area contributed by atoms with Gasteiger partial charge in [0.25, 0.3) is 0 Å². The average Bonchev–Trinajstić information content (AvgIpc) is 3.04. The van der Waals surface area contributed by atoms with E-state index in [0.29, 0.717) is 5.75 Å². The topological polar surface area (TPSA) is 47.3 Å². The summed E-state index contributed by atoms with van der Waals surface area (Å²) in [5, 5.41) is 15.1. The molecule has 2 rings (SSSR count). The van der Waals surface area contributed by atoms with E-state index in [9.17, 15) is 5.11 Å². The Morgan fingerprint density at radius 2 is 2.10 bits per heavy atom. The van der Waals surface area contributed by atoms with Gasteiger partial charge in [-0.2, -0.15) is 5.10 Å². The van der Waals surface area contributed by atoms with Crippen molar-refractivity contribution in [1.29, 1.82) is 0 Å². The molecule has 0 bridgehead atoms. The molecule has 116 valence electrons. The van der Waals surface area contributed by atoms with Crippen molar-refractivity contribution >= 4 is 11.3 Å². The largest absolute Gasteiger partial charge is 0.493 e. The number of nitrogens with zero attached hydrogens (tertiary/aromatic N) is 2. The summed E-state index contributed by atoms with van der Waals surface area (Å²) in [6.07, 6.45) is 1.93. The molecule has 1 unspecified atom stereocenters. The molecule has 2 aromatic heterocycles.